The number of carbonyl (C=O) groups excluding carboxylic acids is 8. The minimum atomic E-state index is -1.45. The molecule has 8 amide bonds. The van der Waals surface area contributed by atoms with Crippen molar-refractivity contribution < 1.29 is 48.3 Å². The van der Waals surface area contributed by atoms with Crippen LogP contribution in [0.1, 0.15) is 75.6 Å². The highest BCUT2D eigenvalue weighted by Crippen LogP contribution is 2.20. The molecular formula is C50H72N16O10. The average molecular weight is 1060 g/mol. The molecule has 26 nitrogen and oxygen atoms in total. The SMILES string of the molecule is CC(C)C(NC(=O)C(CCC(=O)O)NC(=O)C(CCCCN)NC(=O)CNC(=O)C(Cc1c[nH]c2ccccc12)NC(=O)C(CCCN=C(N)N)NC(=O)C(Cc1ccccc1)NC(=O)C(N)Cc1cnc[nH]1)C(N)=O. The molecule has 4 rings (SSSR count). The summed E-state index contributed by atoms with van der Waals surface area (Å²) in [5.74, 6) is -8.35. The maximum Gasteiger partial charge on any atom is 0.303 e. The Balaban J connectivity index is 1.58. The lowest BCUT2D eigenvalue weighted by Crippen LogP contribution is -2.59. The molecule has 0 aliphatic rings. The first-order valence-corrected chi connectivity index (χ1v) is 24.9. The van der Waals surface area contributed by atoms with Gasteiger partial charge >= 0.3 is 5.97 Å². The average Bonchev–Trinajstić information content (AvgIpc) is 4.06. The number of primary amides is 1. The molecule has 412 valence electrons. The summed E-state index contributed by atoms with van der Waals surface area (Å²) in [6, 6.07) is 7.16. The van der Waals surface area contributed by atoms with Crippen molar-refractivity contribution in [3.05, 3.63) is 90.1 Å². The van der Waals surface area contributed by atoms with E-state index >= 15 is 0 Å². The molecular weight excluding hydrogens is 985 g/mol. The van der Waals surface area contributed by atoms with E-state index in [-0.39, 0.29) is 64.0 Å². The zero-order valence-corrected chi connectivity index (χ0v) is 42.6. The zero-order chi connectivity index (χ0) is 55.7. The summed E-state index contributed by atoms with van der Waals surface area (Å²) in [5.41, 5.74) is 31.1. The van der Waals surface area contributed by atoms with Crippen LogP contribution in [-0.4, -0.2) is 141 Å². The van der Waals surface area contributed by atoms with E-state index in [2.05, 4.69) is 57.2 Å². The fourth-order valence-corrected chi connectivity index (χ4v) is 8.04. The molecule has 0 saturated heterocycles. The third-order valence-corrected chi connectivity index (χ3v) is 12.1. The number of nitrogens with two attached hydrogens (primary N) is 5. The molecule has 0 radical (unpaired) electrons. The largest absolute Gasteiger partial charge is 0.481 e. The highest BCUT2D eigenvalue weighted by molar-refractivity contribution is 5.97. The molecule has 7 unspecified atom stereocenters. The molecule has 0 aliphatic heterocycles. The van der Waals surface area contributed by atoms with Crippen molar-refractivity contribution in [3.8, 4) is 0 Å². The number of aromatic nitrogens is 3. The number of aromatic amines is 2. The molecule has 0 aliphatic carbocycles. The van der Waals surface area contributed by atoms with Crippen LogP contribution in [0.5, 0.6) is 0 Å². The summed E-state index contributed by atoms with van der Waals surface area (Å²) >= 11 is 0. The van der Waals surface area contributed by atoms with Gasteiger partial charge in [-0.2, -0.15) is 0 Å². The molecule has 0 saturated carbocycles. The predicted octanol–water partition coefficient (Wildman–Crippen LogP) is -2.54. The maximum absolute atomic E-state index is 14.5. The van der Waals surface area contributed by atoms with Gasteiger partial charge < -0.3 is 81.0 Å². The highest BCUT2D eigenvalue weighted by Gasteiger charge is 2.33. The number of carbonyl (C=O) groups is 9. The Kier molecular flexibility index (Phi) is 24.3. The Morgan fingerprint density at radius 1 is 0.658 bits per heavy atom. The number of nitrogens with zero attached hydrogens (tertiary/aromatic N) is 2. The fourth-order valence-electron chi connectivity index (χ4n) is 8.04. The number of imidazole rings is 1. The van der Waals surface area contributed by atoms with Crippen molar-refractivity contribution in [3.63, 3.8) is 0 Å². The van der Waals surface area contributed by atoms with E-state index in [9.17, 15) is 48.3 Å². The van der Waals surface area contributed by atoms with Crippen molar-refractivity contribution >= 4 is 70.1 Å². The van der Waals surface area contributed by atoms with Crippen LogP contribution < -0.4 is 65.9 Å². The Hall–Kier alpha value is -8.39. The summed E-state index contributed by atoms with van der Waals surface area (Å²) in [6.07, 6.45) is 4.65. The van der Waals surface area contributed by atoms with Gasteiger partial charge in [-0.05, 0) is 68.2 Å². The Bertz CT molecular complexity index is 2600. The Labute approximate surface area is 439 Å². The Morgan fingerprint density at radius 3 is 1.88 bits per heavy atom. The molecule has 2 aromatic carbocycles. The zero-order valence-electron chi connectivity index (χ0n) is 42.6. The van der Waals surface area contributed by atoms with Gasteiger partial charge in [-0.15, -0.1) is 0 Å². The van der Waals surface area contributed by atoms with Crippen LogP contribution in [0.4, 0.5) is 0 Å². The number of rotatable bonds is 33. The first-order valence-electron chi connectivity index (χ1n) is 24.9. The van der Waals surface area contributed by atoms with E-state index in [0.29, 0.717) is 29.7 Å². The highest BCUT2D eigenvalue weighted by atomic mass is 16.4. The molecule has 20 N–H and O–H groups in total. The van der Waals surface area contributed by atoms with Crippen LogP contribution in [0.2, 0.25) is 0 Å². The predicted molar refractivity (Wildman–Crippen MR) is 281 cm³/mol. The number of nitrogens with one attached hydrogen (secondary N) is 9. The number of aliphatic carboxylic acids is 1. The third-order valence-electron chi connectivity index (χ3n) is 12.1. The second kappa shape index (κ2) is 30.7. The summed E-state index contributed by atoms with van der Waals surface area (Å²) in [4.78, 5) is 135. The van der Waals surface area contributed by atoms with Gasteiger partial charge in [-0.25, -0.2) is 4.98 Å². The number of hydrogen-bond acceptors (Lipinski definition) is 13. The lowest BCUT2D eigenvalue weighted by molar-refractivity contribution is -0.138. The molecule has 2 aromatic heterocycles. The first kappa shape index (κ1) is 60.2. The number of unbranched alkanes of at least 4 members (excludes halogenated alkanes) is 1. The first-order chi connectivity index (χ1) is 36.3. The van der Waals surface area contributed by atoms with Crippen molar-refractivity contribution in [1.82, 2.24) is 52.2 Å². The number of hydrogen-bond donors (Lipinski definition) is 15. The lowest BCUT2D eigenvalue weighted by atomic mass is 10.0. The third kappa shape index (κ3) is 20.1. The second-order valence-corrected chi connectivity index (χ2v) is 18.5. The second-order valence-electron chi connectivity index (χ2n) is 18.5. The van der Waals surface area contributed by atoms with Gasteiger partial charge in [0.25, 0.3) is 0 Å². The number of carboxylic acids is 1. The molecule has 4 aromatic rings. The topological polar surface area (TPSA) is 445 Å². The van der Waals surface area contributed by atoms with Gasteiger partial charge in [0, 0.05) is 61.2 Å². The van der Waals surface area contributed by atoms with Crippen LogP contribution in [0.25, 0.3) is 10.9 Å². The molecule has 7 atom stereocenters. The fraction of sp³-hybridized carbons (Fsp3) is 0.460. The van der Waals surface area contributed by atoms with Crippen LogP contribution in [0.3, 0.4) is 0 Å². The van der Waals surface area contributed by atoms with Crippen LogP contribution in [0.15, 0.2) is 78.3 Å². The van der Waals surface area contributed by atoms with E-state index in [1.54, 1.807) is 56.4 Å². The van der Waals surface area contributed by atoms with Gasteiger partial charge in [0.05, 0.1) is 18.9 Å². The maximum atomic E-state index is 14.5. The summed E-state index contributed by atoms with van der Waals surface area (Å²) in [5, 5.41) is 28.4. The van der Waals surface area contributed by atoms with E-state index in [1.807, 2.05) is 18.2 Å². The number of amides is 8. The molecule has 0 fully saturated rings. The van der Waals surface area contributed by atoms with Gasteiger partial charge in [-0.1, -0.05) is 62.4 Å². The monoisotopic (exact) mass is 1060 g/mol. The van der Waals surface area contributed by atoms with Crippen molar-refractivity contribution in [2.45, 2.75) is 120 Å². The minimum absolute atomic E-state index is 0.0109. The van der Waals surface area contributed by atoms with E-state index in [4.69, 9.17) is 28.7 Å². The normalized spacial score (nSPS) is 13.9. The number of carboxylic acid groups (broad SMARTS) is 1. The minimum Gasteiger partial charge on any atom is -0.481 e. The lowest BCUT2D eigenvalue weighted by Gasteiger charge is -2.26. The summed E-state index contributed by atoms with van der Waals surface area (Å²) in [6.45, 7) is 2.88. The molecule has 0 spiro atoms. The molecule has 76 heavy (non-hydrogen) atoms. The molecule has 2 heterocycles. The van der Waals surface area contributed by atoms with Gasteiger partial charge in [0.2, 0.25) is 47.3 Å². The van der Waals surface area contributed by atoms with Crippen molar-refractivity contribution in [2.24, 2.45) is 39.6 Å². The number of H-pyrrole nitrogens is 2. The smallest absolute Gasteiger partial charge is 0.303 e. The summed E-state index contributed by atoms with van der Waals surface area (Å²) in [7, 11) is 0. The van der Waals surface area contributed by atoms with Gasteiger partial charge in [-0.3, -0.25) is 48.1 Å². The van der Waals surface area contributed by atoms with Gasteiger partial charge in [0.1, 0.15) is 36.3 Å². The van der Waals surface area contributed by atoms with Crippen LogP contribution in [-0.2, 0) is 62.4 Å². The van der Waals surface area contributed by atoms with Crippen LogP contribution in [0, 0.1) is 5.92 Å². The Morgan fingerprint density at radius 2 is 1.25 bits per heavy atom. The number of para-hydroxylation sites is 1. The summed E-state index contributed by atoms with van der Waals surface area (Å²) < 4.78 is 0. The van der Waals surface area contributed by atoms with E-state index in [1.165, 1.54) is 12.5 Å². The van der Waals surface area contributed by atoms with Crippen molar-refractivity contribution in [1.29, 1.82) is 0 Å². The standard InChI is InChI=1S/C50H72N16O10/c1-28(2)42(43(53)70)66-48(75)37(17-18-41(68)69)63-46(73)35(15-8-9-19-51)61-40(67)26-59-45(72)39(22-30-24-58-34-14-7-6-13-32(30)34)65-47(74)36(16-10-20-57-50(54)55)62-49(76)38(21-29-11-4-3-5-12-29)64-44(71)33(52)23-31-25-56-27-60-31/h3-7,11-14,24-25,27-28,33,35-39,42,58H,8-10,15-23,26,51-52H2,1-2H3,(H2,53,70)(H,56,60)(H,59,72)(H,61,67)(H,62,76)(H,63,73)(H,64,71)(H,65,74)(H,66,75)(H,68,69)(H4,54,55,57). The van der Waals surface area contributed by atoms with E-state index < -0.39 is 114 Å². The number of aliphatic imine (C=N–C) groups is 1. The molecule has 0 bridgehead atoms. The van der Waals surface area contributed by atoms with Crippen LogP contribution >= 0.6 is 0 Å². The van der Waals surface area contributed by atoms with E-state index in [0.717, 1.165) is 10.9 Å². The van der Waals surface area contributed by atoms with Gasteiger partial charge in [0.15, 0.2) is 5.96 Å². The quantitative estimate of drug-likeness (QED) is 0.0133. The number of fused-ring (bicyclic) bond motifs is 1. The molecule has 26 heteroatoms. The number of benzene rings is 2. The number of guanidine groups is 1. The van der Waals surface area contributed by atoms with Crippen molar-refractivity contribution in [2.75, 3.05) is 19.6 Å².